The molecular formula is C43H26N3Se. The molecule has 47 heavy (non-hydrogen) atoms. The Hall–Kier alpha value is -5.67. The minimum atomic E-state index is 0.633. The molecule has 0 bridgehead atoms. The Kier molecular flexibility index (Phi) is 6.64. The van der Waals surface area contributed by atoms with Gasteiger partial charge in [-0.25, -0.2) is 0 Å². The summed E-state index contributed by atoms with van der Waals surface area (Å²) in [5, 5.41) is 9.66. The van der Waals surface area contributed by atoms with Gasteiger partial charge < -0.3 is 0 Å². The SMILES string of the molecule is [Se]c1c(-c2ccccc2)cccc1-c1nc(-c2ccc3c(ccc4ccccc43)c2)nc(-c2ccc3c(ccc4ccccc43)c2)n1. The molecule has 3 nitrogen and oxygen atoms in total. The quantitative estimate of drug-likeness (QED) is 0.139. The molecule has 8 aromatic carbocycles. The fraction of sp³-hybridized carbons (Fsp3) is 0. The summed E-state index contributed by atoms with van der Waals surface area (Å²) in [6.07, 6.45) is 0. The van der Waals surface area contributed by atoms with Gasteiger partial charge in [-0.15, -0.1) is 0 Å². The summed E-state index contributed by atoms with van der Waals surface area (Å²) in [6, 6.07) is 55.5. The molecule has 1 aromatic heterocycles. The predicted octanol–water partition coefficient (Wildman–Crippen LogP) is 9.95. The van der Waals surface area contributed by atoms with E-state index in [1.165, 1.54) is 32.3 Å². The van der Waals surface area contributed by atoms with E-state index in [0.29, 0.717) is 17.5 Å². The maximum atomic E-state index is 5.13. The Balaban J connectivity index is 1.25. The third-order valence-electron chi connectivity index (χ3n) is 8.98. The summed E-state index contributed by atoms with van der Waals surface area (Å²) >= 11 is 3.34. The average molecular weight is 664 g/mol. The maximum absolute atomic E-state index is 5.13. The molecule has 219 valence electrons. The van der Waals surface area contributed by atoms with Crippen LogP contribution in [-0.4, -0.2) is 31.0 Å². The Morgan fingerprint density at radius 3 is 1.38 bits per heavy atom. The van der Waals surface area contributed by atoms with Gasteiger partial charge in [0.05, 0.1) is 0 Å². The Labute approximate surface area is 280 Å². The number of fused-ring (bicyclic) bond motifs is 6. The molecule has 0 saturated carbocycles. The molecule has 0 spiro atoms. The van der Waals surface area contributed by atoms with Crippen molar-refractivity contribution < 1.29 is 0 Å². The van der Waals surface area contributed by atoms with Crippen molar-refractivity contribution in [1.82, 2.24) is 15.0 Å². The molecule has 0 N–H and O–H groups in total. The molecule has 4 heteroatoms. The van der Waals surface area contributed by atoms with E-state index in [-0.39, 0.29) is 0 Å². The number of nitrogens with zero attached hydrogens (tertiary/aromatic N) is 3. The summed E-state index contributed by atoms with van der Waals surface area (Å²) in [5.41, 5.74) is 5.09. The van der Waals surface area contributed by atoms with Gasteiger partial charge in [0.2, 0.25) is 0 Å². The zero-order valence-corrected chi connectivity index (χ0v) is 27.0. The van der Waals surface area contributed by atoms with Crippen molar-refractivity contribution in [1.29, 1.82) is 0 Å². The van der Waals surface area contributed by atoms with Gasteiger partial charge in [-0.3, -0.25) is 0 Å². The molecule has 9 rings (SSSR count). The minimum absolute atomic E-state index is 0.633. The van der Waals surface area contributed by atoms with Gasteiger partial charge >= 0.3 is 269 Å². The van der Waals surface area contributed by atoms with E-state index in [9.17, 15) is 0 Å². The standard InChI is InChI=1S/C43H26N3Se/c47-40-38(27-9-2-1-3-10-27)15-8-16-39(40)43-45-41(32-21-23-36-30(25-32)19-17-28-11-4-6-13-34(28)36)44-42(46-43)33-22-24-37-31(26-33)20-18-29-12-5-7-14-35(29)37/h1-26H. The van der Waals surface area contributed by atoms with Crippen molar-refractivity contribution in [2.24, 2.45) is 0 Å². The monoisotopic (exact) mass is 664 g/mol. The second-order valence-electron chi connectivity index (χ2n) is 11.8. The molecule has 0 amide bonds. The van der Waals surface area contributed by atoms with Gasteiger partial charge in [0, 0.05) is 0 Å². The molecule has 0 aliphatic rings. The molecule has 0 atom stereocenters. The van der Waals surface area contributed by atoms with Gasteiger partial charge in [0.1, 0.15) is 0 Å². The average Bonchev–Trinajstić information content (AvgIpc) is 3.14. The topological polar surface area (TPSA) is 38.7 Å². The van der Waals surface area contributed by atoms with Crippen molar-refractivity contribution in [3.8, 4) is 45.3 Å². The first-order valence-corrected chi connectivity index (χ1v) is 16.5. The molecular weight excluding hydrogens is 637 g/mol. The number of aromatic nitrogens is 3. The predicted molar refractivity (Wildman–Crippen MR) is 197 cm³/mol. The normalized spacial score (nSPS) is 11.5. The number of rotatable bonds is 4. The van der Waals surface area contributed by atoms with Crippen molar-refractivity contribution in [2.75, 3.05) is 0 Å². The van der Waals surface area contributed by atoms with E-state index in [1.807, 2.05) is 6.07 Å². The molecule has 9 aromatic rings. The van der Waals surface area contributed by atoms with Gasteiger partial charge in [-0.1, -0.05) is 12.1 Å². The molecule has 0 aliphatic carbocycles. The van der Waals surface area contributed by atoms with Crippen molar-refractivity contribution in [3.63, 3.8) is 0 Å². The second-order valence-corrected chi connectivity index (χ2v) is 12.7. The second kappa shape index (κ2) is 11.3. The summed E-state index contributed by atoms with van der Waals surface area (Å²) in [4.78, 5) is 15.4. The Morgan fingerprint density at radius 2 is 0.787 bits per heavy atom. The first-order chi connectivity index (χ1) is 23.2. The Bertz CT molecular complexity index is 2510. The number of hydrogen-bond acceptors (Lipinski definition) is 3. The van der Waals surface area contributed by atoms with E-state index < -0.39 is 0 Å². The summed E-state index contributed by atoms with van der Waals surface area (Å²) in [5.74, 6) is 1.92. The van der Waals surface area contributed by atoms with Crippen LogP contribution in [0.4, 0.5) is 0 Å². The van der Waals surface area contributed by atoms with Crippen LogP contribution in [0.15, 0.2) is 158 Å². The van der Waals surface area contributed by atoms with Gasteiger partial charge in [-0.2, -0.15) is 0 Å². The van der Waals surface area contributed by atoms with E-state index in [0.717, 1.165) is 43.1 Å². The van der Waals surface area contributed by atoms with E-state index in [1.54, 1.807) is 0 Å². The molecule has 1 heterocycles. The van der Waals surface area contributed by atoms with E-state index in [2.05, 4.69) is 168 Å². The van der Waals surface area contributed by atoms with Crippen molar-refractivity contribution in [2.45, 2.75) is 0 Å². The van der Waals surface area contributed by atoms with Crippen LogP contribution in [0.5, 0.6) is 0 Å². The van der Waals surface area contributed by atoms with Crippen molar-refractivity contribution >= 4 is 63.6 Å². The van der Waals surface area contributed by atoms with Crippen LogP contribution in [0.25, 0.3) is 88.4 Å². The van der Waals surface area contributed by atoms with Crippen LogP contribution in [0.1, 0.15) is 0 Å². The van der Waals surface area contributed by atoms with Crippen LogP contribution < -0.4 is 4.46 Å². The van der Waals surface area contributed by atoms with Crippen LogP contribution in [0.2, 0.25) is 0 Å². The molecule has 1 radical (unpaired) electrons. The fourth-order valence-corrected chi connectivity index (χ4v) is 7.34. The van der Waals surface area contributed by atoms with Crippen LogP contribution in [-0.2, 0) is 0 Å². The van der Waals surface area contributed by atoms with Crippen LogP contribution >= 0.6 is 0 Å². The zero-order valence-electron chi connectivity index (χ0n) is 25.3. The summed E-state index contributed by atoms with van der Waals surface area (Å²) in [6.45, 7) is 0. The van der Waals surface area contributed by atoms with E-state index in [4.69, 9.17) is 15.0 Å². The Morgan fingerprint density at radius 1 is 0.319 bits per heavy atom. The van der Waals surface area contributed by atoms with Crippen LogP contribution in [0, 0.1) is 0 Å². The third kappa shape index (κ3) is 4.87. The summed E-state index contributed by atoms with van der Waals surface area (Å²) in [7, 11) is 0. The van der Waals surface area contributed by atoms with Gasteiger partial charge in [-0.05, 0) is 0 Å². The fourth-order valence-electron chi connectivity index (χ4n) is 6.62. The van der Waals surface area contributed by atoms with Crippen LogP contribution in [0.3, 0.4) is 0 Å². The van der Waals surface area contributed by atoms with E-state index >= 15 is 0 Å². The van der Waals surface area contributed by atoms with Gasteiger partial charge in [0.25, 0.3) is 0 Å². The molecule has 0 saturated heterocycles. The van der Waals surface area contributed by atoms with Crippen molar-refractivity contribution in [3.05, 3.63) is 158 Å². The third-order valence-corrected chi connectivity index (χ3v) is 9.91. The molecule has 0 unspecified atom stereocenters. The number of hydrogen-bond donors (Lipinski definition) is 0. The molecule has 0 fully saturated rings. The zero-order chi connectivity index (χ0) is 31.3. The summed E-state index contributed by atoms with van der Waals surface area (Å²) < 4.78 is 1.01. The number of benzene rings is 8. The molecule has 0 aliphatic heterocycles. The first-order valence-electron chi connectivity index (χ1n) is 15.7. The van der Waals surface area contributed by atoms with Gasteiger partial charge in [0.15, 0.2) is 0 Å². The first kappa shape index (κ1) is 27.6.